The number of para-hydroxylation sites is 1. The largest absolute Gasteiger partial charge is 0.406 e. The number of hydrazine groups is 1. The maximum absolute atomic E-state index is 12.6. The van der Waals surface area contributed by atoms with Gasteiger partial charge in [-0.05, 0) is 12.1 Å². The first kappa shape index (κ1) is 11.9. The van der Waals surface area contributed by atoms with Crippen LogP contribution in [0.3, 0.4) is 0 Å². The van der Waals surface area contributed by atoms with Crippen molar-refractivity contribution in [1.82, 2.24) is 5.43 Å². The fourth-order valence-electron chi connectivity index (χ4n) is 1.80. The minimum Gasteiger partial charge on any atom is -0.273 e. The second-order valence-corrected chi connectivity index (χ2v) is 3.95. The number of anilines is 1. The van der Waals surface area contributed by atoms with Crippen LogP contribution in [0.4, 0.5) is 18.9 Å². The Balaban J connectivity index is 2.26. The fourth-order valence-corrected chi connectivity index (χ4v) is 1.80. The third kappa shape index (κ3) is 2.12. The molecule has 6 heteroatoms. The molecular formula is C11H11F3N2O. The molecule has 2 unspecified atom stereocenters. The van der Waals surface area contributed by atoms with Crippen molar-refractivity contribution in [3.63, 3.8) is 0 Å². The number of carbonyl (C=O) groups is 1. The van der Waals surface area contributed by atoms with E-state index in [2.05, 4.69) is 5.43 Å². The van der Waals surface area contributed by atoms with Crippen LogP contribution in [-0.2, 0) is 4.79 Å². The molecule has 1 N–H and O–H groups in total. The molecule has 1 aliphatic heterocycles. The topological polar surface area (TPSA) is 32.3 Å². The van der Waals surface area contributed by atoms with E-state index < -0.39 is 24.0 Å². The van der Waals surface area contributed by atoms with Gasteiger partial charge < -0.3 is 0 Å². The zero-order chi connectivity index (χ0) is 12.6. The molecule has 1 aromatic carbocycles. The van der Waals surface area contributed by atoms with Crippen LogP contribution < -0.4 is 10.4 Å². The number of nitrogens with zero attached hydrogens (tertiary/aromatic N) is 1. The number of carbonyl (C=O) groups excluding carboxylic acids is 1. The molecule has 0 aliphatic carbocycles. The Hall–Kier alpha value is -1.56. The molecule has 1 amide bonds. The second kappa shape index (κ2) is 4.03. The van der Waals surface area contributed by atoms with Crippen molar-refractivity contribution < 1.29 is 18.0 Å². The van der Waals surface area contributed by atoms with Gasteiger partial charge in [-0.15, -0.1) is 0 Å². The molecule has 0 spiro atoms. The first-order valence-electron chi connectivity index (χ1n) is 5.13. The van der Waals surface area contributed by atoms with Crippen molar-refractivity contribution >= 4 is 11.6 Å². The van der Waals surface area contributed by atoms with Crippen molar-refractivity contribution in [2.45, 2.75) is 19.1 Å². The second-order valence-electron chi connectivity index (χ2n) is 3.95. The number of nitrogens with one attached hydrogen (secondary N) is 1. The van der Waals surface area contributed by atoms with Gasteiger partial charge in [0, 0.05) is 0 Å². The van der Waals surface area contributed by atoms with E-state index >= 15 is 0 Å². The van der Waals surface area contributed by atoms with Crippen LogP contribution in [0.15, 0.2) is 30.3 Å². The molecule has 3 nitrogen and oxygen atoms in total. The van der Waals surface area contributed by atoms with Crippen LogP contribution in [0.25, 0.3) is 0 Å². The minimum atomic E-state index is -4.43. The predicted octanol–water partition coefficient (Wildman–Crippen LogP) is 2.10. The summed E-state index contributed by atoms with van der Waals surface area (Å²) in [6, 6.07) is 6.39. The number of benzene rings is 1. The van der Waals surface area contributed by atoms with E-state index in [-0.39, 0.29) is 0 Å². The van der Waals surface area contributed by atoms with E-state index in [4.69, 9.17) is 0 Å². The highest BCUT2D eigenvalue weighted by Crippen LogP contribution is 2.32. The van der Waals surface area contributed by atoms with Crippen LogP contribution in [-0.4, -0.2) is 18.1 Å². The van der Waals surface area contributed by atoms with E-state index in [0.29, 0.717) is 5.69 Å². The highest BCUT2D eigenvalue weighted by molar-refractivity contribution is 5.96. The van der Waals surface area contributed by atoms with Crippen LogP contribution in [0.5, 0.6) is 0 Å². The summed E-state index contributed by atoms with van der Waals surface area (Å²) < 4.78 is 37.9. The predicted molar refractivity (Wildman–Crippen MR) is 56.1 cm³/mol. The Kier molecular flexibility index (Phi) is 2.82. The van der Waals surface area contributed by atoms with Crippen LogP contribution in [0, 0.1) is 5.92 Å². The minimum absolute atomic E-state index is 0.413. The molecule has 2 atom stereocenters. The summed E-state index contributed by atoms with van der Waals surface area (Å²) >= 11 is 0. The van der Waals surface area contributed by atoms with Crippen molar-refractivity contribution in [3.8, 4) is 0 Å². The number of amides is 1. The first-order valence-corrected chi connectivity index (χ1v) is 5.13. The van der Waals surface area contributed by atoms with Gasteiger partial charge in [0.2, 0.25) is 5.91 Å². The summed E-state index contributed by atoms with van der Waals surface area (Å²) in [5.41, 5.74) is 2.62. The van der Waals surface area contributed by atoms with Gasteiger partial charge in [-0.1, -0.05) is 25.1 Å². The van der Waals surface area contributed by atoms with E-state index in [1.54, 1.807) is 30.3 Å². The molecule has 92 valence electrons. The Morgan fingerprint density at radius 3 is 2.29 bits per heavy atom. The van der Waals surface area contributed by atoms with E-state index in [1.165, 1.54) is 6.92 Å². The lowest BCUT2D eigenvalue weighted by Crippen LogP contribution is -2.45. The Morgan fingerprint density at radius 1 is 1.24 bits per heavy atom. The summed E-state index contributed by atoms with van der Waals surface area (Å²) in [7, 11) is 0. The monoisotopic (exact) mass is 244 g/mol. The average molecular weight is 244 g/mol. The highest BCUT2D eigenvalue weighted by Gasteiger charge is 2.52. The summed E-state index contributed by atoms with van der Waals surface area (Å²) in [5, 5.41) is 0.961. The number of hydrogen-bond acceptors (Lipinski definition) is 2. The molecule has 0 radical (unpaired) electrons. The standard InChI is InChI=1S/C11H11F3N2O/c1-7-9(11(12,13)14)15-16(10(7)17)8-5-3-2-4-6-8/h2-7,9,15H,1H3. The summed E-state index contributed by atoms with van der Waals surface area (Å²) in [5.74, 6) is -1.69. The lowest BCUT2D eigenvalue weighted by atomic mass is 10.0. The maximum Gasteiger partial charge on any atom is 0.406 e. The van der Waals surface area contributed by atoms with Gasteiger partial charge in [0.25, 0.3) is 0 Å². The Labute approximate surface area is 96.2 Å². The van der Waals surface area contributed by atoms with Gasteiger partial charge in [0.1, 0.15) is 6.04 Å². The normalized spacial score (nSPS) is 25.4. The number of rotatable bonds is 1. The van der Waals surface area contributed by atoms with Crippen LogP contribution in [0.2, 0.25) is 0 Å². The summed E-state index contributed by atoms with van der Waals surface area (Å²) in [6.45, 7) is 1.27. The zero-order valence-corrected chi connectivity index (χ0v) is 9.03. The average Bonchev–Trinajstić information content (AvgIpc) is 2.57. The van der Waals surface area contributed by atoms with Crippen LogP contribution in [0.1, 0.15) is 6.92 Å². The van der Waals surface area contributed by atoms with Crippen molar-refractivity contribution in [1.29, 1.82) is 0 Å². The van der Waals surface area contributed by atoms with Gasteiger partial charge in [0.05, 0.1) is 11.6 Å². The third-order valence-corrected chi connectivity index (χ3v) is 2.75. The number of halogens is 3. The summed E-state index contributed by atoms with van der Waals surface area (Å²) in [6.07, 6.45) is -4.43. The van der Waals surface area contributed by atoms with Gasteiger partial charge in [-0.3, -0.25) is 4.79 Å². The van der Waals surface area contributed by atoms with Gasteiger partial charge in [0.15, 0.2) is 0 Å². The van der Waals surface area contributed by atoms with Crippen LogP contribution >= 0.6 is 0 Å². The molecule has 1 saturated heterocycles. The molecule has 1 fully saturated rings. The smallest absolute Gasteiger partial charge is 0.273 e. The van der Waals surface area contributed by atoms with Crippen molar-refractivity contribution in [2.24, 2.45) is 5.92 Å². The Bertz CT molecular complexity index is 418. The quantitative estimate of drug-likeness (QED) is 0.820. The fraction of sp³-hybridized carbons (Fsp3) is 0.364. The maximum atomic E-state index is 12.6. The van der Waals surface area contributed by atoms with Gasteiger partial charge in [-0.25, -0.2) is 10.4 Å². The molecule has 1 heterocycles. The first-order chi connectivity index (χ1) is 7.91. The Morgan fingerprint density at radius 2 is 1.82 bits per heavy atom. The molecular weight excluding hydrogens is 233 g/mol. The molecule has 1 aromatic rings. The van der Waals surface area contributed by atoms with Gasteiger partial charge in [-0.2, -0.15) is 13.2 Å². The lowest BCUT2D eigenvalue weighted by molar-refractivity contribution is -0.161. The third-order valence-electron chi connectivity index (χ3n) is 2.75. The SMILES string of the molecule is CC1C(=O)N(c2ccccc2)NC1C(F)(F)F. The molecule has 2 rings (SSSR count). The van der Waals surface area contributed by atoms with E-state index in [9.17, 15) is 18.0 Å². The molecule has 17 heavy (non-hydrogen) atoms. The number of alkyl halides is 3. The zero-order valence-electron chi connectivity index (χ0n) is 9.03. The van der Waals surface area contributed by atoms with Gasteiger partial charge >= 0.3 is 6.18 Å². The summed E-state index contributed by atoms with van der Waals surface area (Å²) in [4.78, 5) is 11.7. The molecule has 0 aromatic heterocycles. The molecule has 0 saturated carbocycles. The lowest BCUT2D eigenvalue weighted by Gasteiger charge is -2.19. The number of hydrogen-bond donors (Lipinski definition) is 1. The highest BCUT2D eigenvalue weighted by atomic mass is 19.4. The van der Waals surface area contributed by atoms with E-state index in [1.807, 2.05) is 0 Å². The molecule has 0 bridgehead atoms. The van der Waals surface area contributed by atoms with Crippen molar-refractivity contribution in [3.05, 3.63) is 30.3 Å². The van der Waals surface area contributed by atoms with Crippen molar-refractivity contribution in [2.75, 3.05) is 5.01 Å². The van der Waals surface area contributed by atoms with E-state index in [0.717, 1.165) is 5.01 Å². The molecule has 1 aliphatic rings.